The van der Waals surface area contributed by atoms with Crippen molar-refractivity contribution in [1.82, 2.24) is 9.55 Å². The Morgan fingerprint density at radius 2 is 1.81 bits per heavy atom. The quantitative estimate of drug-likeness (QED) is 0.380. The Labute approximate surface area is 182 Å². The van der Waals surface area contributed by atoms with E-state index in [4.69, 9.17) is 4.74 Å². The molecule has 9 heteroatoms. The lowest BCUT2D eigenvalue weighted by Crippen LogP contribution is -2.22. The molecule has 4 rings (SSSR count). The summed E-state index contributed by atoms with van der Waals surface area (Å²) in [6.45, 7) is 1.73. The minimum absolute atomic E-state index is 0.0746. The Hall–Kier alpha value is -4.53. The number of ether oxygens (including phenoxy) is 1. The number of nitrogens with zero attached hydrogens (tertiary/aromatic N) is 3. The summed E-state index contributed by atoms with van der Waals surface area (Å²) in [5, 5.41) is 14.3. The molecule has 0 saturated heterocycles. The number of carbonyl (C=O) groups is 1. The lowest BCUT2D eigenvalue weighted by molar-refractivity contribution is -0.385. The number of para-hydroxylation sites is 2. The number of rotatable bonds is 5. The second kappa shape index (κ2) is 8.31. The molecule has 0 aliphatic carbocycles. The van der Waals surface area contributed by atoms with E-state index in [0.717, 1.165) is 0 Å². The molecule has 9 nitrogen and oxygen atoms in total. The molecule has 160 valence electrons. The Morgan fingerprint density at radius 3 is 2.56 bits per heavy atom. The summed E-state index contributed by atoms with van der Waals surface area (Å²) in [5.41, 5.74) is 0.808. The van der Waals surface area contributed by atoms with E-state index in [1.807, 2.05) is 6.07 Å². The van der Waals surface area contributed by atoms with Gasteiger partial charge in [-0.2, -0.15) is 0 Å². The number of hydrogen-bond acceptors (Lipinski definition) is 6. The van der Waals surface area contributed by atoms with Crippen molar-refractivity contribution in [3.63, 3.8) is 0 Å². The number of carbonyl (C=O) groups excluding carboxylic acids is 1. The van der Waals surface area contributed by atoms with Gasteiger partial charge in [-0.3, -0.25) is 24.3 Å². The van der Waals surface area contributed by atoms with Crippen LogP contribution < -0.4 is 15.6 Å². The maximum atomic E-state index is 13.0. The highest BCUT2D eigenvalue weighted by atomic mass is 16.6. The Kier molecular flexibility index (Phi) is 5.38. The summed E-state index contributed by atoms with van der Waals surface area (Å²) in [4.78, 5) is 40.8. The SMILES string of the molecule is COc1cc(-n2c(C)nc3ccccc3c2=O)ccc1NC(=O)c1ccccc1[N+](=O)[O-]. The molecular weight excluding hydrogens is 412 g/mol. The average Bonchev–Trinajstić information content (AvgIpc) is 2.79. The molecule has 3 aromatic carbocycles. The van der Waals surface area contributed by atoms with Crippen molar-refractivity contribution in [2.24, 2.45) is 0 Å². The zero-order valence-corrected chi connectivity index (χ0v) is 17.2. The second-order valence-electron chi connectivity index (χ2n) is 6.93. The maximum Gasteiger partial charge on any atom is 0.282 e. The van der Waals surface area contributed by atoms with Gasteiger partial charge in [0.1, 0.15) is 17.1 Å². The number of amides is 1. The fraction of sp³-hybridized carbons (Fsp3) is 0.0870. The Morgan fingerprint density at radius 1 is 1.09 bits per heavy atom. The first-order chi connectivity index (χ1) is 15.4. The number of aromatic nitrogens is 2. The third-order valence-electron chi connectivity index (χ3n) is 4.98. The minimum Gasteiger partial charge on any atom is -0.494 e. The standard InChI is InChI=1S/C23H18N4O5/c1-14-24-18-9-5-3-7-16(18)23(29)26(14)15-11-12-19(21(13-15)32-2)25-22(28)17-8-4-6-10-20(17)27(30)31/h3-13H,1-2H3,(H,25,28). The molecule has 0 bridgehead atoms. The second-order valence-corrected chi connectivity index (χ2v) is 6.93. The fourth-order valence-corrected chi connectivity index (χ4v) is 3.48. The molecular formula is C23H18N4O5. The Bertz CT molecular complexity index is 1430. The van der Waals surface area contributed by atoms with Gasteiger partial charge in [-0.15, -0.1) is 0 Å². The molecule has 1 N–H and O–H groups in total. The van der Waals surface area contributed by atoms with Crippen LogP contribution in [0.15, 0.2) is 71.5 Å². The van der Waals surface area contributed by atoms with Crippen molar-refractivity contribution in [2.45, 2.75) is 6.92 Å². The summed E-state index contributed by atoms with van der Waals surface area (Å²) < 4.78 is 6.86. The van der Waals surface area contributed by atoms with E-state index in [1.165, 1.54) is 29.9 Å². The van der Waals surface area contributed by atoms with Crippen molar-refractivity contribution in [2.75, 3.05) is 12.4 Å². The maximum absolute atomic E-state index is 13.0. The fourth-order valence-electron chi connectivity index (χ4n) is 3.48. The van der Waals surface area contributed by atoms with Crippen molar-refractivity contribution >= 4 is 28.2 Å². The van der Waals surface area contributed by atoms with Crippen LogP contribution in [0.25, 0.3) is 16.6 Å². The number of aryl methyl sites for hydroxylation is 1. The van der Waals surface area contributed by atoms with Crippen LogP contribution in [0.3, 0.4) is 0 Å². The molecule has 1 heterocycles. The summed E-state index contributed by atoms with van der Waals surface area (Å²) in [6.07, 6.45) is 0. The van der Waals surface area contributed by atoms with E-state index in [1.54, 1.807) is 49.4 Å². The number of hydrogen-bond donors (Lipinski definition) is 1. The molecule has 0 radical (unpaired) electrons. The largest absolute Gasteiger partial charge is 0.494 e. The van der Waals surface area contributed by atoms with E-state index in [2.05, 4.69) is 10.3 Å². The van der Waals surface area contributed by atoms with Crippen molar-refractivity contribution < 1.29 is 14.5 Å². The van der Waals surface area contributed by atoms with Crippen LogP contribution in [-0.4, -0.2) is 27.5 Å². The lowest BCUT2D eigenvalue weighted by Gasteiger charge is -2.15. The molecule has 0 aliphatic rings. The highest BCUT2D eigenvalue weighted by molar-refractivity contribution is 6.07. The van der Waals surface area contributed by atoms with E-state index >= 15 is 0 Å². The van der Waals surface area contributed by atoms with Gasteiger partial charge in [-0.25, -0.2) is 4.98 Å². The van der Waals surface area contributed by atoms with Crippen LogP contribution in [0, 0.1) is 17.0 Å². The third kappa shape index (κ3) is 3.67. The average molecular weight is 430 g/mol. The molecule has 4 aromatic rings. The molecule has 0 spiro atoms. The number of nitro groups is 1. The van der Waals surface area contributed by atoms with Gasteiger partial charge >= 0.3 is 0 Å². The molecule has 1 amide bonds. The van der Waals surface area contributed by atoms with Crippen LogP contribution >= 0.6 is 0 Å². The lowest BCUT2D eigenvalue weighted by atomic mass is 10.1. The minimum atomic E-state index is -0.649. The number of nitro benzene ring substituents is 1. The van der Waals surface area contributed by atoms with E-state index in [-0.39, 0.29) is 22.6 Å². The number of methoxy groups -OCH3 is 1. The predicted octanol–water partition coefficient (Wildman–Crippen LogP) is 3.86. The van der Waals surface area contributed by atoms with Gasteiger partial charge in [0.05, 0.1) is 34.3 Å². The molecule has 0 fully saturated rings. The van der Waals surface area contributed by atoms with Crippen molar-refractivity contribution in [1.29, 1.82) is 0 Å². The first kappa shape index (κ1) is 20.7. The summed E-state index contributed by atoms with van der Waals surface area (Å²) in [6, 6.07) is 17.5. The van der Waals surface area contributed by atoms with Gasteiger partial charge in [-0.05, 0) is 37.3 Å². The van der Waals surface area contributed by atoms with E-state index in [0.29, 0.717) is 28.1 Å². The monoisotopic (exact) mass is 430 g/mol. The van der Waals surface area contributed by atoms with Gasteiger partial charge in [0.25, 0.3) is 17.2 Å². The summed E-state index contributed by atoms with van der Waals surface area (Å²) in [5.74, 6) is 0.130. The normalized spacial score (nSPS) is 10.7. The van der Waals surface area contributed by atoms with Gasteiger partial charge in [0.2, 0.25) is 0 Å². The van der Waals surface area contributed by atoms with Gasteiger partial charge in [-0.1, -0.05) is 24.3 Å². The summed E-state index contributed by atoms with van der Waals surface area (Å²) in [7, 11) is 1.42. The third-order valence-corrected chi connectivity index (χ3v) is 4.98. The highest BCUT2D eigenvalue weighted by Gasteiger charge is 2.21. The van der Waals surface area contributed by atoms with Crippen LogP contribution in [0.1, 0.15) is 16.2 Å². The van der Waals surface area contributed by atoms with Crippen LogP contribution in [0.4, 0.5) is 11.4 Å². The number of nitrogens with one attached hydrogen (secondary N) is 1. The van der Waals surface area contributed by atoms with E-state index in [9.17, 15) is 19.7 Å². The van der Waals surface area contributed by atoms with Crippen molar-refractivity contribution in [3.05, 3.63) is 98.6 Å². The Balaban J connectivity index is 1.74. The first-order valence-electron chi connectivity index (χ1n) is 9.62. The zero-order valence-electron chi connectivity index (χ0n) is 17.2. The molecule has 32 heavy (non-hydrogen) atoms. The molecule has 0 atom stereocenters. The van der Waals surface area contributed by atoms with Crippen LogP contribution in [0.5, 0.6) is 5.75 Å². The summed E-state index contributed by atoms with van der Waals surface area (Å²) >= 11 is 0. The van der Waals surface area contributed by atoms with Crippen LogP contribution in [0.2, 0.25) is 0 Å². The van der Waals surface area contributed by atoms with Gasteiger partial charge < -0.3 is 10.1 Å². The number of benzene rings is 3. The molecule has 0 saturated carbocycles. The highest BCUT2D eigenvalue weighted by Crippen LogP contribution is 2.29. The molecule has 0 unspecified atom stereocenters. The molecule has 0 aliphatic heterocycles. The molecule has 1 aromatic heterocycles. The van der Waals surface area contributed by atoms with E-state index < -0.39 is 10.8 Å². The number of fused-ring (bicyclic) bond motifs is 1. The van der Waals surface area contributed by atoms with Crippen molar-refractivity contribution in [3.8, 4) is 11.4 Å². The van der Waals surface area contributed by atoms with Crippen LogP contribution in [-0.2, 0) is 0 Å². The van der Waals surface area contributed by atoms with Gasteiger partial charge in [0.15, 0.2) is 0 Å². The zero-order chi connectivity index (χ0) is 22.8. The first-order valence-corrected chi connectivity index (χ1v) is 9.62. The predicted molar refractivity (Wildman–Crippen MR) is 120 cm³/mol. The topological polar surface area (TPSA) is 116 Å². The van der Waals surface area contributed by atoms with Gasteiger partial charge in [0, 0.05) is 12.1 Å². The number of anilines is 1. The smallest absolute Gasteiger partial charge is 0.282 e.